The zero-order chi connectivity index (χ0) is 24.6. The molecule has 0 aliphatic carbocycles. The number of rotatable bonds is 16. The molecule has 0 atom stereocenters. The summed E-state index contributed by atoms with van der Waals surface area (Å²) in [5.74, 6) is -0.150. The molecule has 0 N–H and O–H groups in total. The van der Waals surface area contributed by atoms with Gasteiger partial charge in [-0.05, 0) is 67.8 Å². The smallest absolute Gasteiger partial charge is 0.373 e. The van der Waals surface area contributed by atoms with Gasteiger partial charge in [0.2, 0.25) is 0 Å². The fourth-order valence-electron chi connectivity index (χ4n) is 2.62. The predicted octanol–water partition coefficient (Wildman–Crippen LogP) is 6.03. The highest BCUT2D eigenvalue weighted by Crippen LogP contribution is 2.20. The van der Waals surface area contributed by atoms with Gasteiger partial charge < -0.3 is 9.47 Å². The van der Waals surface area contributed by atoms with Crippen molar-refractivity contribution in [2.75, 3.05) is 13.2 Å². The summed E-state index contributed by atoms with van der Waals surface area (Å²) in [6.07, 6.45) is 4.01. The fraction of sp³-hybridized carbons (Fsp3) is 0.385. The molecular formula is C26H32O8. The Balaban J connectivity index is 1.87. The number of ether oxygens (including phenoxy) is 2. The standard InChI is InChI=1S/C26H32O8/c1-4-7-8-9-24(31-33-25(27)20-10-14-22(15-11-20)29-18-5-2)32-34-26(28)21-12-16-23(17-13-21)30-19-6-3/h10-17H,1,4-9,18-19H2,2-3H3. The lowest BCUT2D eigenvalue weighted by molar-refractivity contribution is -0.363. The summed E-state index contributed by atoms with van der Waals surface area (Å²) in [4.78, 5) is 44.4. The fourth-order valence-corrected chi connectivity index (χ4v) is 2.62. The maximum atomic E-state index is 12.3. The normalized spacial score (nSPS) is 10.7. The van der Waals surface area contributed by atoms with Crippen molar-refractivity contribution in [2.45, 2.75) is 52.4 Å². The van der Waals surface area contributed by atoms with Crippen LogP contribution in [-0.2, 0) is 19.6 Å². The molecule has 8 nitrogen and oxygen atoms in total. The van der Waals surface area contributed by atoms with E-state index in [1.165, 1.54) is 0 Å². The quantitative estimate of drug-likeness (QED) is 0.166. The average Bonchev–Trinajstić information content (AvgIpc) is 2.87. The third-order valence-electron chi connectivity index (χ3n) is 4.43. The first-order valence-corrected chi connectivity index (χ1v) is 11.5. The van der Waals surface area contributed by atoms with Gasteiger partial charge in [-0.1, -0.05) is 33.6 Å². The summed E-state index contributed by atoms with van der Waals surface area (Å²) in [7, 11) is 0. The number of carbonyl (C=O) groups excluding carboxylic acids is 2. The van der Waals surface area contributed by atoms with E-state index in [1.54, 1.807) is 48.5 Å². The van der Waals surface area contributed by atoms with Crippen LogP contribution >= 0.6 is 0 Å². The van der Waals surface area contributed by atoms with Crippen LogP contribution in [0.15, 0.2) is 48.5 Å². The van der Waals surface area contributed by atoms with E-state index >= 15 is 0 Å². The molecule has 0 fully saturated rings. The van der Waals surface area contributed by atoms with E-state index in [4.69, 9.17) is 29.0 Å². The maximum absolute atomic E-state index is 12.3. The Morgan fingerprint density at radius 3 is 1.50 bits per heavy atom. The Labute approximate surface area is 200 Å². The van der Waals surface area contributed by atoms with Gasteiger partial charge in [-0.2, -0.15) is 0 Å². The first-order valence-electron chi connectivity index (χ1n) is 11.5. The van der Waals surface area contributed by atoms with E-state index in [2.05, 4.69) is 6.92 Å². The van der Waals surface area contributed by atoms with Crippen LogP contribution in [0.1, 0.15) is 73.1 Å². The molecule has 8 heteroatoms. The van der Waals surface area contributed by atoms with Gasteiger partial charge in [-0.3, -0.25) is 9.78 Å². The molecule has 0 saturated heterocycles. The minimum Gasteiger partial charge on any atom is -0.494 e. The summed E-state index contributed by atoms with van der Waals surface area (Å²) >= 11 is 0. The van der Waals surface area contributed by atoms with Crippen LogP contribution in [0.2, 0.25) is 0 Å². The second kappa shape index (κ2) is 15.7. The maximum Gasteiger partial charge on any atom is 0.373 e. The molecule has 34 heavy (non-hydrogen) atoms. The van der Waals surface area contributed by atoms with Crippen LogP contribution < -0.4 is 9.47 Å². The molecule has 0 amide bonds. The van der Waals surface area contributed by atoms with Gasteiger partial charge in [0.25, 0.3) is 0 Å². The molecular weight excluding hydrogens is 440 g/mol. The van der Waals surface area contributed by atoms with Crippen molar-refractivity contribution < 1.29 is 38.6 Å². The number of unbranched alkanes of at least 4 members (excludes halogenated alkanes) is 2. The molecule has 0 bridgehead atoms. The Morgan fingerprint density at radius 1 is 0.676 bits per heavy atom. The van der Waals surface area contributed by atoms with E-state index in [-0.39, 0.29) is 23.8 Å². The highest BCUT2D eigenvalue weighted by Gasteiger charge is 2.21. The van der Waals surface area contributed by atoms with Crippen molar-refractivity contribution in [1.29, 1.82) is 0 Å². The SMILES string of the molecule is [CH2]CCCC[C](OOC(=O)c1ccc(OCCC)cc1)OOC(=O)c1ccc(OCCC)cc1. The van der Waals surface area contributed by atoms with Gasteiger partial charge in [0, 0.05) is 6.42 Å². The third kappa shape index (κ3) is 9.80. The third-order valence-corrected chi connectivity index (χ3v) is 4.43. The highest BCUT2D eigenvalue weighted by molar-refractivity contribution is 5.89. The van der Waals surface area contributed by atoms with Crippen LogP contribution in [0.25, 0.3) is 0 Å². The number of carbonyl (C=O) groups is 2. The zero-order valence-electron chi connectivity index (χ0n) is 19.7. The summed E-state index contributed by atoms with van der Waals surface area (Å²) in [6, 6.07) is 12.9. The molecule has 0 aliphatic heterocycles. The minimum absolute atomic E-state index is 0.152. The monoisotopic (exact) mass is 472 g/mol. The number of hydrogen-bond donors (Lipinski definition) is 0. The van der Waals surface area contributed by atoms with Gasteiger partial charge in [0.05, 0.1) is 24.3 Å². The Hall–Kier alpha value is -3.10. The largest absolute Gasteiger partial charge is 0.494 e. The minimum atomic E-state index is -0.728. The second-order valence-corrected chi connectivity index (χ2v) is 7.34. The first-order chi connectivity index (χ1) is 16.6. The molecule has 0 aromatic heterocycles. The Bertz CT molecular complexity index is 781. The van der Waals surface area contributed by atoms with Gasteiger partial charge >= 0.3 is 18.2 Å². The van der Waals surface area contributed by atoms with Gasteiger partial charge in [0.15, 0.2) is 0 Å². The van der Waals surface area contributed by atoms with Crippen LogP contribution in [0.5, 0.6) is 11.5 Å². The molecule has 0 saturated carbocycles. The van der Waals surface area contributed by atoms with Crippen LogP contribution in [-0.4, -0.2) is 25.2 Å². The average molecular weight is 473 g/mol. The molecule has 0 heterocycles. The van der Waals surface area contributed by atoms with Crippen LogP contribution in [0, 0.1) is 13.2 Å². The number of benzene rings is 2. The highest BCUT2D eigenvalue weighted by atomic mass is 17.3. The Morgan fingerprint density at radius 2 is 1.12 bits per heavy atom. The molecule has 0 spiro atoms. The lowest BCUT2D eigenvalue weighted by atomic mass is 10.2. The van der Waals surface area contributed by atoms with Crippen molar-refractivity contribution in [1.82, 2.24) is 0 Å². The van der Waals surface area contributed by atoms with E-state index in [0.29, 0.717) is 37.6 Å². The van der Waals surface area contributed by atoms with E-state index in [0.717, 1.165) is 19.3 Å². The zero-order valence-corrected chi connectivity index (χ0v) is 19.7. The van der Waals surface area contributed by atoms with Crippen LogP contribution in [0.3, 0.4) is 0 Å². The molecule has 184 valence electrons. The summed E-state index contributed by atoms with van der Waals surface area (Å²) < 4.78 is 11.0. The molecule has 2 rings (SSSR count). The lowest BCUT2D eigenvalue weighted by Crippen LogP contribution is -2.16. The van der Waals surface area contributed by atoms with E-state index in [1.807, 2.05) is 13.8 Å². The van der Waals surface area contributed by atoms with Crippen molar-refractivity contribution in [3.63, 3.8) is 0 Å². The summed E-state index contributed by atoms with van der Waals surface area (Å²) in [5, 5.41) is 0. The molecule has 2 aromatic carbocycles. The predicted molar refractivity (Wildman–Crippen MR) is 125 cm³/mol. The van der Waals surface area contributed by atoms with Crippen molar-refractivity contribution in [3.05, 3.63) is 72.9 Å². The van der Waals surface area contributed by atoms with Crippen molar-refractivity contribution in [3.8, 4) is 11.5 Å². The van der Waals surface area contributed by atoms with Gasteiger partial charge in [-0.25, -0.2) is 9.59 Å². The topological polar surface area (TPSA) is 89.5 Å². The van der Waals surface area contributed by atoms with Crippen molar-refractivity contribution in [2.24, 2.45) is 0 Å². The lowest BCUT2D eigenvalue weighted by Gasteiger charge is -2.13. The van der Waals surface area contributed by atoms with Crippen molar-refractivity contribution >= 4 is 11.9 Å². The second-order valence-electron chi connectivity index (χ2n) is 7.34. The van der Waals surface area contributed by atoms with E-state index < -0.39 is 11.9 Å². The first kappa shape index (κ1) is 27.1. The van der Waals surface area contributed by atoms with Gasteiger partial charge in [-0.15, -0.1) is 9.78 Å². The molecule has 0 aliphatic rings. The summed E-state index contributed by atoms with van der Waals surface area (Å²) in [5.41, 5.74) is 0.534. The van der Waals surface area contributed by atoms with Gasteiger partial charge in [0.1, 0.15) is 11.5 Å². The Kier molecular flexibility index (Phi) is 12.5. The molecule has 2 aromatic rings. The number of hydrogen-bond acceptors (Lipinski definition) is 8. The summed E-state index contributed by atoms with van der Waals surface area (Å²) in [6.45, 7) is 8.97. The van der Waals surface area contributed by atoms with Crippen LogP contribution in [0.4, 0.5) is 0 Å². The molecule has 2 radical (unpaired) electrons. The molecule has 0 unspecified atom stereocenters. The van der Waals surface area contributed by atoms with E-state index in [9.17, 15) is 9.59 Å².